The standard InChI is InChI=1S/C23H21N5O2S/c1-4-31(29,30)20-17-6-5-16(23(13-24)7-8-23)10-15(17)12-25-19(20)22-27-18-9-14(2)11-26-21(18)28(22)3/h5-6,9-12H,4,7-8H2,1-3H3. The molecule has 1 aliphatic rings. The number of sulfone groups is 1. The molecule has 3 aromatic heterocycles. The van der Waals surface area contributed by atoms with Gasteiger partial charge in [0.2, 0.25) is 0 Å². The first kappa shape index (κ1) is 19.6. The predicted molar refractivity (Wildman–Crippen MR) is 118 cm³/mol. The van der Waals surface area contributed by atoms with Crippen molar-refractivity contribution in [3.05, 3.63) is 47.8 Å². The largest absolute Gasteiger partial charge is 0.310 e. The number of nitrogens with zero attached hydrogens (tertiary/aromatic N) is 5. The summed E-state index contributed by atoms with van der Waals surface area (Å²) < 4.78 is 28.2. The van der Waals surface area contributed by atoms with Gasteiger partial charge >= 0.3 is 0 Å². The molecule has 8 heteroatoms. The normalized spacial score (nSPS) is 15.3. The number of pyridine rings is 2. The summed E-state index contributed by atoms with van der Waals surface area (Å²) in [5.74, 6) is 0.410. The Morgan fingerprint density at radius 3 is 2.65 bits per heavy atom. The van der Waals surface area contributed by atoms with Crippen LogP contribution in [0.3, 0.4) is 0 Å². The van der Waals surface area contributed by atoms with Gasteiger partial charge in [0.1, 0.15) is 16.1 Å². The quantitative estimate of drug-likeness (QED) is 0.486. The summed E-state index contributed by atoms with van der Waals surface area (Å²) in [5, 5.41) is 10.8. The lowest BCUT2D eigenvalue weighted by molar-refractivity contribution is 0.598. The first-order valence-electron chi connectivity index (χ1n) is 10.2. The zero-order valence-electron chi connectivity index (χ0n) is 17.5. The molecule has 0 atom stereocenters. The SMILES string of the molecule is CCS(=O)(=O)c1c(-c2nc3cc(C)cnc3n2C)ncc2cc(C3(C#N)CC3)ccc12. The smallest absolute Gasteiger partial charge is 0.181 e. The summed E-state index contributed by atoms with van der Waals surface area (Å²) in [7, 11) is -1.79. The molecule has 31 heavy (non-hydrogen) atoms. The van der Waals surface area contributed by atoms with Crippen molar-refractivity contribution in [2.75, 3.05) is 5.75 Å². The van der Waals surface area contributed by atoms with E-state index in [0.717, 1.165) is 24.0 Å². The highest BCUT2D eigenvalue weighted by Crippen LogP contribution is 2.48. The highest BCUT2D eigenvalue weighted by atomic mass is 32.2. The van der Waals surface area contributed by atoms with Crippen molar-refractivity contribution < 1.29 is 8.42 Å². The van der Waals surface area contributed by atoms with Crippen molar-refractivity contribution >= 4 is 31.8 Å². The van der Waals surface area contributed by atoms with E-state index < -0.39 is 15.3 Å². The molecule has 7 nitrogen and oxygen atoms in total. The van der Waals surface area contributed by atoms with Crippen LogP contribution >= 0.6 is 0 Å². The van der Waals surface area contributed by atoms with Crippen LogP contribution in [0.5, 0.6) is 0 Å². The molecule has 0 N–H and O–H groups in total. The van der Waals surface area contributed by atoms with Gasteiger partial charge in [-0.25, -0.2) is 18.4 Å². The minimum atomic E-state index is -3.61. The lowest BCUT2D eigenvalue weighted by Crippen LogP contribution is -2.10. The van der Waals surface area contributed by atoms with Crippen LogP contribution in [-0.2, 0) is 22.3 Å². The zero-order chi connectivity index (χ0) is 22.0. The Kier molecular flexibility index (Phi) is 4.18. The molecule has 1 aliphatic carbocycles. The number of benzene rings is 1. The molecule has 5 rings (SSSR count). The number of nitriles is 1. The fraction of sp³-hybridized carbons (Fsp3) is 0.304. The van der Waals surface area contributed by atoms with Gasteiger partial charge in [-0.05, 0) is 43.0 Å². The van der Waals surface area contributed by atoms with Crippen LogP contribution in [0.15, 0.2) is 41.6 Å². The van der Waals surface area contributed by atoms with Crippen LogP contribution in [0.4, 0.5) is 0 Å². The Balaban J connectivity index is 1.81. The molecule has 0 spiro atoms. The molecule has 1 fully saturated rings. The Labute approximate surface area is 180 Å². The Morgan fingerprint density at radius 2 is 1.97 bits per heavy atom. The van der Waals surface area contributed by atoms with Gasteiger partial charge in [-0.15, -0.1) is 0 Å². The minimum absolute atomic E-state index is 0.0496. The van der Waals surface area contributed by atoms with E-state index in [0.29, 0.717) is 33.5 Å². The Bertz CT molecular complexity index is 1530. The van der Waals surface area contributed by atoms with Crippen LogP contribution < -0.4 is 0 Å². The van der Waals surface area contributed by atoms with E-state index in [9.17, 15) is 13.7 Å². The molecule has 0 unspecified atom stereocenters. The average Bonchev–Trinajstić information content (AvgIpc) is 3.51. The number of hydrogen-bond donors (Lipinski definition) is 0. The van der Waals surface area contributed by atoms with Crippen molar-refractivity contribution in [2.45, 2.75) is 37.0 Å². The van der Waals surface area contributed by atoms with Crippen molar-refractivity contribution in [2.24, 2.45) is 7.05 Å². The minimum Gasteiger partial charge on any atom is -0.310 e. The second-order valence-electron chi connectivity index (χ2n) is 8.19. The van der Waals surface area contributed by atoms with Gasteiger partial charge < -0.3 is 4.57 Å². The molecule has 1 saturated carbocycles. The summed E-state index contributed by atoms with van der Waals surface area (Å²) in [4.78, 5) is 13.9. The highest BCUT2D eigenvalue weighted by Gasteiger charge is 2.45. The Hall–Kier alpha value is -3.31. The summed E-state index contributed by atoms with van der Waals surface area (Å²) in [6.45, 7) is 3.56. The van der Waals surface area contributed by atoms with Gasteiger partial charge in [0.25, 0.3) is 0 Å². The third-order valence-corrected chi connectivity index (χ3v) is 7.90. The van der Waals surface area contributed by atoms with Crippen molar-refractivity contribution in [3.63, 3.8) is 0 Å². The van der Waals surface area contributed by atoms with Gasteiger partial charge in [-0.3, -0.25) is 4.98 Å². The van der Waals surface area contributed by atoms with E-state index in [4.69, 9.17) is 0 Å². The number of imidazole rings is 1. The number of aromatic nitrogens is 4. The molecule has 0 amide bonds. The average molecular weight is 432 g/mol. The van der Waals surface area contributed by atoms with Crippen LogP contribution in [0, 0.1) is 18.3 Å². The molecule has 0 bridgehead atoms. The maximum Gasteiger partial charge on any atom is 0.181 e. The topological polar surface area (TPSA) is 102 Å². The second-order valence-corrected chi connectivity index (χ2v) is 10.4. The van der Waals surface area contributed by atoms with Crippen LogP contribution in [0.1, 0.15) is 30.9 Å². The summed E-state index contributed by atoms with van der Waals surface area (Å²) in [6, 6.07) is 9.89. The lowest BCUT2D eigenvalue weighted by atomic mass is 9.95. The number of hydrogen-bond acceptors (Lipinski definition) is 6. The van der Waals surface area contributed by atoms with E-state index in [1.54, 1.807) is 30.0 Å². The second kappa shape index (κ2) is 6.59. The predicted octanol–water partition coefficient (Wildman–Crippen LogP) is 3.84. The number of rotatable bonds is 4. The van der Waals surface area contributed by atoms with Gasteiger partial charge in [0.15, 0.2) is 21.3 Å². The van der Waals surface area contributed by atoms with E-state index in [1.807, 2.05) is 32.2 Å². The van der Waals surface area contributed by atoms with E-state index in [2.05, 4.69) is 21.0 Å². The lowest BCUT2D eigenvalue weighted by Gasteiger charge is -2.14. The molecule has 0 saturated heterocycles. The number of fused-ring (bicyclic) bond motifs is 2. The highest BCUT2D eigenvalue weighted by molar-refractivity contribution is 7.91. The summed E-state index contributed by atoms with van der Waals surface area (Å²) in [5.41, 5.74) is 3.13. The van der Waals surface area contributed by atoms with Gasteiger partial charge in [0.05, 0.1) is 17.2 Å². The first-order valence-corrected chi connectivity index (χ1v) is 11.8. The zero-order valence-corrected chi connectivity index (χ0v) is 18.4. The number of aryl methyl sites for hydroxylation is 2. The maximum atomic E-state index is 13.2. The first-order chi connectivity index (χ1) is 14.8. The van der Waals surface area contributed by atoms with Gasteiger partial charge in [-0.2, -0.15) is 5.26 Å². The summed E-state index contributed by atoms with van der Waals surface area (Å²) in [6.07, 6.45) is 5.09. The molecule has 3 heterocycles. The molecule has 0 radical (unpaired) electrons. The van der Waals surface area contributed by atoms with Crippen LogP contribution in [-0.4, -0.2) is 33.7 Å². The van der Waals surface area contributed by atoms with E-state index in [1.165, 1.54) is 0 Å². The third-order valence-electron chi connectivity index (χ3n) is 6.11. The molecule has 0 aliphatic heterocycles. The summed E-state index contributed by atoms with van der Waals surface area (Å²) >= 11 is 0. The molecular weight excluding hydrogens is 410 g/mol. The maximum absolute atomic E-state index is 13.2. The fourth-order valence-corrected chi connectivity index (χ4v) is 5.34. The fourth-order valence-electron chi connectivity index (χ4n) is 4.09. The van der Waals surface area contributed by atoms with Crippen LogP contribution in [0.25, 0.3) is 33.5 Å². The molecule has 4 aromatic rings. The molecular formula is C23H21N5O2S. The van der Waals surface area contributed by atoms with E-state index in [-0.39, 0.29) is 10.6 Å². The van der Waals surface area contributed by atoms with Crippen molar-refractivity contribution in [1.82, 2.24) is 19.5 Å². The van der Waals surface area contributed by atoms with Crippen LogP contribution in [0.2, 0.25) is 0 Å². The molecule has 156 valence electrons. The van der Waals surface area contributed by atoms with Gasteiger partial charge in [0, 0.05) is 30.2 Å². The van der Waals surface area contributed by atoms with E-state index >= 15 is 0 Å². The third kappa shape index (κ3) is 2.92. The molecule has 1 aromatic carbocycles. The monoisotopic (exact) mass is 431 g/mol. The van der Waals surface area contributed by atoms with Gasteiger partial charge in [-0.1, -0.05) is 19.1 Å². The van der Waals surface area contributed by atoms with Crippen molar-refractivity contribution in [3.8, 4) is 17.6 Å². The van der Waals surface area contributed by atoms with Crippen molar-refractivity contribution in [1.29, 1.82) is 5.26 Å². The Morgan fingerprint density at radius 1 is 1.19 bits per heavy atom.